The van der Waals surface area contributed by atoms with Gasteiger partial charge < -0.3 is 9.47 Å². The smallest absolute Gasteiger partial charge is 0.330 e. The fraction of sp³-hybridized carbons (Fsp3) is 0.357. The monoisotopic (exact) mass is 289 g/mol. The maximum Gasteiger partial charge on any atom is 0.330 e. The Morgan fingerprint density at radius 2 is 1.81 bits per heavy atom. The minimum absolute atomic E-state index is 0.121. The van der Waals surface area contributed by atoms with Crippen molar-refractivity contribution in [3.8, 4) is 17.8 Å². The molecule has 2 rings (SSSR count). The SMILES string of the molecule is CCCCc1ccc(Oc2nc(NN)nc(OC)n2)cc1. The number of nitrogens with zero attached hydrogens (tertiary/aromatic N) is 3. The van der Waals surface area contributed by atoms with E-state index in [4.69, 9.17) is 15.3 Å². The highest BCUT2D eigenvalue weighted by Crippen LogP contribution is 2.21. The third-order valence-electron chi connectivity index (χ3n) is 2.86. The normalized spacial score (nSPS) is 10.2. The van der Waals surface area contributed by atoms with Crippen LogP contribution < -0.4 is 20.7 Å². The molecule has 0 aliphatic heterocycles. The van der Waals surface area contributed by atoms with Gasteiger partial charge in [0.15, 0.2) is 0 Å². The summed E-state index contributed by atoms with van der Waals surface area (Å²) >= 11 is 0. The molecular formula is C14H19N5O2. The topological polar surface area (TPSA) is 95.2 Å². The number of nitrogens with two attached hydrogens (primary N) is 1. The third-order valence-corrected chi connectivity index (χ3v) is 2.86. The van der Waals surface area contributed by atoms with E-state index in [0.717, 1.165) is 6.42 Å². The van der Waals surface area contributed by atoms with E-state index in [1.54, 1.807) is 0 Å². The lowest BCUT2D eigenvalue weighted by Crippen LogP contribution is -2.12. The highest BCUT2D eigenvalue weighted by molar-refractivity contribution is 5.31. The van der Waals surface area contributed by atoms with Gasteiger partial charge in [0.05, 0.1) is 7.11 Å². The van der Waals surface area contributed by atoms with Gasteiger partial charge in [0, 0.05) is 0 Å². The van der Waals surface area contributed by atoms with E-state index in [0.29, 0.717) is 5.75 Å². The van der Waals surface area contributed by atoms with Crippen molar-refractivity contribution in [2.75, 3.05) is 12.5 Å². The summed E-state index contributed by atoms with van der Waals surface area (Å²) in [5.74, 6) is 6.11. The first kappa shape index (κ1) is 15.0. The number of aromatic nitrogens is 3. The van der Waals surface area contributed by atoms with Crippen LogP contribution >= 0.6 is 0 Å². The Balaban J connectivity index is 2.10. The number of benzene rings is 1. The van der Waals surface area contributed by atoms with Crippen molar-refractivity contribution < 1.29 is 9.47 Å². The molecule has 3 N–H and O–H groups in total. The second-order valence-electron chi connectivity index (χ2n) is 4.42. The Bertz CT molecular complexity index is 552. The van der Waals surface area contributed by atoms with Crippen LogP contribution in [0.3, 0.4) is 0 Å². The number of ether oxygens (including phenoxy) is 2. The minimum atomic E-state index is 0.121. The molecule has 0 amide bonds. The second-order valence-corrected chi connectivity index (χ2v) is 4.42. The molecule has 0 aliphatic rings. The lowest BCUT2D eigenvalue weighted by atomic mass is 10.1. The Morgan fingerprint density at radius 3 is 2.43 bits per heavy atom. The molecule has 1 aromatic carbocycles. The van der Waals surface area contributed by atoms with Crippen molar-refractivity contribution in [1.29, 1.82) is 0 Å². The highest BCUT2D eigenvalue weighted by Gasteiger charge is 2.08. The maximum absolute atomic E-state index is 5.59. The van der Waals surface area contributed by atoms with Crippen LogP contribution in [0.15, 0.2) is 24.3 Å². The van der Waals surface area contributed by atoms with Gasteiger partial charge in [-0.1, -0.05) is 25.5 Å². The van der Waals surface area contributed by atoms with Crippen LogP contribution in [0.2, 0.25) is 0 Å². The summed E-state index contributed by atoms with van der Waals surface area (Å²) in [6, 6.07) is 8.09. The number of nitrogen functional groups attached to an aromatic ring is 1. The molecule has 0 fully saturated rings. The Labute approximate surface area is 123 Å². The number of aryl methyl sites for hydroxylation is 1. The van der Waals surface area contributed by atoms with E-state index in [2.05, 4.69) is 27.3 Å². The molecule has 7 nitrogen and oxygen atoms in total. The van der Waals surface area contributed by atoms with Gasteiger partial charge in [0.25, 0.3) is 0 Å². The lowest BCUT2D eigenvalue weighted by molar-refractivity contribution is 0.360. The zero-order chi connectivity index (χ0) is 15.1. The fourth-order valence-corrected chi connectivity index (χ4v) is 1.75. The molecule has 0 spiro atoms. The third kappa shape index (κ3) is 4.28. The molecule has 1 aromatic heterocycles. The van der Waals surface area contributed by atoms with Crippen molar-refractivity contribution in [3.05, 3.63) is 29.8 Å². The molecule has 21 heavy (non-hydrogen) atoms. The predicted molar refractivity (Wildman–Crippen MR) is 79.3 cm³/mol. The molecule has 0 aliphatic carbocycles. The van der Waals surface area contributed by atoms with E-state index >= 15 is 0 Å². The van der Waals surface area contributed by atoms with Crippen LogP contribution in [0.5, 0.6) is 17.8 Å². The Hall–Kier alpha value is -2.41. The molecule has 0 radical (unpaired) electrons. The number of anilines is 1. The summed E-state index contributed by atoms with van der Waals surface area (Å²) in [5, 5.41) is 0. The zero-order valence-corrected chi connectivity index (χ0v) is 12.2. The van der Waals surface area contributed by atoms with E-state index in [9.17, 15) is 0 Å². The van der Waals surface area contributed by atoms with Crippen molar-refractivity contribution >= 4 is 5.95 Å². The standard InChI is InChI=1S/C14H19N5O2/c1-3-4-5-10-6-8-11(9-7-10)21-14-17-12(19-15)16-13(18-14)20-2/h6-9H,3-5,15H2,1-2H3,(H,16,17,18,19). The van der Waals surface area contributed by atoms with Crippen LogP contribution in [-0.4, -0.2) is 22.1 Å². The number of hydrogen-bond donors (Lipinski definition) is 2. The summed E-state index contributed by atoms with van der Waals surface area (Å²) < 4.78 is 10.5. The van der Waals surface area contributed by atoms with Gasteiger partial charge in [-0.25, -0.2) is 5.84 Å². The first-order valence-corrected chi connectivity index (χ1v) is 6.78. The average molecular weight is 289 g/mol. The number of hydrazine groups is 1. The van der Waals surface area contributed by atoms with E-state index in [-0.39, 0.29) is 18.0 Å². The number of nitrogens with one attached hydrogen (secondary N) is 1. The summed E-state index contributed by atoms with van der Waals surface area (Å²) in [7, 11) is 1.46. The Kier molecular flexibility index (Phi) is 5.28. The summed E-state index contributed by atoms with van der Waals surface area (Å²) in [4.78, 5) is 11.9. The lowest BCUT2D eigenvalue weighted by Gasteiger charge is -2.07. The predicted octanol–water partition coefficient (Wildman–Crippen LogP) is 2.30. The molecule has 2 aromatic rings. The van der Waals surface area contributed by atoms with E-state index < -0.39 is 0 Å². The molecule has 0 saturated heterocycles. The molecule has 0 unspecified atom stereocenters. The first-order valence-electron chi connectivity index (χ1n) is 6.78. The van der Waals surface area contributed by atoms with Gasteiger partial charge in [0.1, 0.15) is 5.75 Å². The number of unbranched alkanes of at least 4 members (excludes halogenated alkanes) is 1. The van der Waals surface area contributed by atoms with Crippen molar-refractivity contribution in [2.24, 2.45) is 5.84 Å². The average Bonchev–Trinajstić information content (AvgIpc) is 2.53. The van der Waals surface area contributed by atoms with Gasteiger partial charge in [-0.05, 0) is 30.5 Å². The molecule has 0 atom stereocenters. The quantitative estimate of drug-likeness (QED) is 0.596. The van der Waals surface area contributed by atoms with Crippen LogP contribution in [0, 0.1) is 0 Å². The minimum Gasteiger partial charge on any atom is -0.467 e. The molecule has 0 saturated carbocycles. The summed E-state index contributed by atoms with van der Waals surface area (Å²) in [5.41, 5.74) is 3.62. The van der Waals surface area contributed by atoms with Gasteiger partial charge in [-0.15, -0.1) is 4.98 Å². The van der Waals surface area contributed by atoms with Gasteiger partial charge in [-0.2, -0.15) is 9.97 Å². The Morgan fingerprint density at radius 1 is 1.10 bits per heavy atom. The molecule has 0 bridgehead atoms. The molecular weight excluding hydrogens is 270 g/mol. The van der Waals surface area contributed by atoms with Crippen molar-refractivity contribution in [1.82, 2.24) is 15.0 Å². The van der Waals surface area contributed by atoms with E-state index in [1.807, 2.05) is 24.3 Å². The van der Waals surface area contributed by atoms with Gasteiger partial charge in [-0.3, -0.25) is 5.43 Å². The fourth-order valence-electron chi connectivity index (χ4n) is 1.75. The second kappa shape index (κ2) is 7.39. The molecule has 7 heteroatoms. The summed E-state index contributed by atoms with van der Waals surface area (Å²) in [6.45, 7) is 2.18. The number of rotatable bonds is 7. The molecule has 1 heterocycles. The van der Waals surface area contributed by atoms with Crippen molar-refractivity contribution in [2.45, 2.75) is 26.2 Å². The molecule has 112 valence electrons. The maximum atomic E-state index is 5.59. The first-order chi connectivity index (χ1) is 10.2. The largest absolute Gasteiger partial charge is 0.467 e. The zero-order valence-electron chi connectivity index (χ0n) is 12.2. The van der Waals surface area contributed by atoms with Crippen molar-refractivity contribution in [3.63, 3.8) is 0 Å². The van der Waals surface area contributed by atoms with Gasteiger partial charge >= 0.3 is 12.0 Å². The number of hydrogen-bond acceptors (Lipinski definition) is 7. The van der Waals surface area contributed by atoms with Gasteiger partial charge in [0.2, 0.25) is 5.95 Å². The highest BCUT2D eigenvalue weighted by atomic mass is 16.5. The number of methoxy groups -OCH3 is 1. The summed E-state index contributed by atoms with van der Waals surface area (Å²) in [6.07, 6.45) is 3.42. The van der Waals surface area contributed by atoms with Crippen LogP contribution in [0.25, 0.3) is 0 Å². The van der Waals surface area contributed by atoms with E-state index in [1.165, 1.54) is 25.5 Å². The van der Waals surface area contributed by atoms with Crippen LogP contribution in [0.4, 0.5) is 5.95 Å². The van der Waals surface area contributed by atoms with Crippen LogP contribution in [0.1, 0.15) is 25.3 Å². The van der Waals surface area contributed by atoms with Crippen LogP contribution in [-0.2, 0) is 6.42 Å².